The van der Waals surface area contributed by atoms with Crippen LogP contribution in [0.2, 0.25) is 0 Å². The van der Waals surface area contributed by atoms with Crippen molar-refractivity contribution in [2.45, 2.75) is 19.3 Å². The third-order valence-electron chi connectivity index (χ3n) is 3.43. The minimum atomic E-state index is -0.168. The van der Waals surface area contributed by atoms with Gasteiger partial charge in [0.15, 0.2) is 0 Å². The first-order valence-electron chi connectivity index (χ1n) is 6.91. The Morgan fingerprint density at radius 1 is 1.25 bits per heavy atom. The van der Waals surface area contributed by atoms with Gasteiger partial charge in [-0.3, -0.25) is 9.59 Å². The maximum absolute atomic E-state index is 12.2. The number of amides is 2. The topological polar surface area (TPSA) is 49.4 Å². The van der Waals surface area contributed by atoms with Crippen molar-refractivity contribution in [1.82, 2.24) is 4.90 Å². The summed E-state index contributed by atoms with van der Waals surface area (Å²) >= 11 is 0. The number of anilines is 1. The van der Waals surface area contributed by atoms with E-state index in [9.17, 15) is 9.59 Å². The highest BCUT2D eigenvalue weighted by molar-refractivity contribution is 5.94. The lowest BCUT2D eigenvalue weighted by atomic mass is 9.93. The number of allylic oxidation sites excluding steroid dienone is 2. The average molecular weight is 272 g/mol. The molecule has 1 atom stereocenters. The Morgan fingerprint density at radius 2 is 2.00 bits per heavy atom. The number of carbonyl (C=O) groups excluding carboxylic acids is 2. The van der Waals surface area contributed by atoms with Gasteiger partial charge >= 0.3 is 0 Å². The van der Waals surface area contributed by atoms with Crippen LogP contribution in [0, 0.1) is 5.92 Å². The van der Waals surface area contributed by atoms with Crippen molar-refractivity contribution in [2.24, 2.45) is 5.92 Å². The van der Waals surface area contributed by atoms with Crippen molar-refractivity contribution in [2.75, 3.05) is 18.9 Å². The van der Waals surface area contributed by atoms with E-state index < -0.39 is 0 Å². The molecule has 1 unspecified atom stereocenters. The van der Waals surface area contributed by atoms with Crippen molar-refractivity contribution in [3.63, 3.8) is 0 Å². The van der Waals surface area contributed by atoms with Crippen LogP contribution in [0.4, 0.5) is 5.69 Å². The van der Waals surface area contributed by atoms with Gasteiger partial charge in [0.05, 0.1) is 6.54 Å². The highest BCUT2D eigenvalue weighted by Gasteiger charge is 2.23. The predicted octanol–water partition coefficient (Wildman–Crippen LogP) is 2.44. The van der Waals surface area contributed by atoms with Gasteiger partial charge in [0, 0.05) is 18.7 Å². The molecule has 4 heteroatoms. The zero-order valence-electron chi connectivity index (χ0n) is 11.7. The number of hydrogen-bond acceptors (Lipinski definition) is 2. The number of nitrogens with one attached hydrogen (secondary N) is 1. The van der Waals surface area contributed by atoms with Crippen molar-refractivity contribution < 1.29 is 9.59 Å². The van der Waals surface area contributed by atoms with E-state index in [1.165, 1.54) is 4.90 Å². The van der Waals surface area contributed by atoms with Gasteiger partial charge in [-0.2, -0.15) is 0 Å². The lowest BCUT2D eigenvalue weighted by molar-refractivity contribution is -0.137. The van der Waals surface area contributed by atoms with Crippen LogP contribution in [-0.2, 0) is 9.59 Å². The summed E-state index contributed by atoms with van der Waals surface area (Å²) in [4.78, 5) is 25.6. The van der Waals surface area contributed by atoms with Gasteiger partial charge in [-0.1, -0.05) is 30.4 Å². The maximum Gasteiger partial charge on any atom is 0.243 e. The smallest absolute Gasteiger partial charge is 0.243 e. The molecule has 0 aliphatic heterocycles. The van der Waals surface area contributed by atoms with Crippen LogP contribution in [0.5, 0.6) is 0 Å². The highest BCUT2D eigenvalue weighted by Crippen LogP contribution is 2.20. The summed E-state index contributed by atoms with van der Waals surface area (Å²) in [5, 5.41) is 2.78. The minimum absolute atomic E-state index is 0.0227. The van der Waals surface area contributed by atoms with Crippen LogP contribution < -0.4 is 5.32 Å². The number of carbonyl (C=O) groups is 2. The Labute approximate surface area is 119 Å². The van der Waals surface area contributed by atoms with Crippen LogP contribution in [0.3, 0.4) is 0 Å². The van der Waals surface area contributed by atoms with Crippen molar-refractivity contribution in [3.8, 4) is 0 Å². The normalized spacial score (nSPS) is 17.6. The van der Waals surface area contributed by atoms with Gasteiger partial charge in [-0.05, 0) is 31.4 Å². The molecular formula is C16H20N2O2. The second-order valence-corrected chi connectivity index (χ2v) is 5.09. The molecule has 0 bridgehead atoms. The number of benzene rings is 1. The van der Waals surface area contributed by atoms with E-state index in [1.54, 1.807) is 7.05 Å². The zero-order chi connectivity index (χ0) is 14.4. The van der Waals surface area contributed by atoms with Crippen LogP contribution in [0.15, 0.2) is 42.5 Å². The van der Waals surface area contributed by atoms with Crippen LogP contribution in [0.25, 0.3) is 0 Å². The van der Waals surface area contributed by atoms with E-state index in [2.05, 4.69) is 11.4 Å². The molecule has 0 saturated heterocycles. The monoisotopic (exact) mass is 272 g/mol. The van der Waals surface area contributed by atoms with Crippen LogP contribution in [0.1, 0.15) is 19.3 Å². The van der Waals surface area contributed by atoms with Crippen molar-refractivity contribution in [1.29, 1.82) is 0 Å². The molecule has 1 N–H and O–H groups in total. The van der Waals surface area contributed by atoms with Gasteiger partial charge in [0.2, 0.25) is 11.8 Å². The fraction of sp³-hybridized carbons (Fsp3) is 0.375. The first kappa shape index (κ1) is 14.3. The molecule has 1 aromatic carbocycles. The summed E-state index contributed by atoms with van der Waals surface area (Å²) in [6, 6.07) is 9.26. The molecule has 20 heavy (non-hydrogen) atoms. The van der Waals surface area contributed by atoms with E-state index in [0.717, 1.165) is 24.9 Å². The number of likely N-dealkylation sites (N-methyl/N-ethyl adjacent to an activating group) is 1. The Morgan fingerprint density at radius 3 is 2.65 bits per heavy atom. The molecule has 1 aliphatic carbocycles. The van der Waals surface area contributed by atoms with Crippen molar-refractivity contribution >= 4 is 17.5 Å². The molecule has 0 radical (unpaired) electrons. The first-order valence-corrected chi connectivity index (χ1v) is 6.91. The quantitative estimate of drug-likeness (QED) is 0.856. The lowest BCUT2D eigenvalue weighted by Gasteiger charge is -2.24. The van der Waals surface area contributed by atoms with Crippen molar-refractivity contribution in [3.05, 3.63) is 42.5 Å². The maximum atomic E-state index is 12.2. The molecule has 0 aromatic heterocycles. The number of para-hydroxylation sites is 1. The van der Waals surface area contributed by atoms with Gasteiger partial charge in [-0.15, -0.1) is 0 Å². The minimum Gasteiger partial charge on any atom is -0.336 e. The number of nitrogens with zero attached hydrogens (tertiary/aromatic N) is 1. The molecule has 2 amide bonds. The molecule has 0 fully saturated rings. The largest absolute Gasteiger partial charge is 0.336 e. The Balaban J connectivity index is 1.84. The van der Waals surface area contributed by atoms with Gasteiger partial charge in [0.25, 0.3) is 0 Å². The van der Waals surface area contributed by atoms with Gasteiger partial charge < -0.3 is 10.2 Å². The Hall–Kier alpha value is -2.10. The van der Waals surface area contributed by atoms with Gasteiger partial charge in [0.1, 0.15) is 0 Å². The number of rotatable bonds is 4. The summed E-state index contributed by atoms with van der Waals surface area (Å²) in [6.07, 6.45) is 6.75. The molecule has 4 nitrogen and oxygen atoms in total. The van der Waals surface area contributed by atoms with Crippen LogP contribution in [-0.4, -0.2) is 30.3 Å². The Bertz CT molecular complexity index is 496. The van der Waals surface area contributed by atoms with E-state index in [-0.39, 0.29) is 24.3 Å². The molecule has 0 saturated carbocycles. The molecule has 2 rings (SSSR count). The van der Waals surface area contributed by atoms with E-state index in [1.807, 2.05) is 36.4 Å². The Kier molecular flexibility index (Phi) is 4.93. The third-order valence-corrected chi connectivity index (χ3v) is 3.43. The standard InChI is InChI=1S/C16H20N2O2/c1-18(16(20)13-8-4-2-5-9-13)12-15(19)17-14-10-6-3-7-11-14/h2-4,6-7,10-11,13H,5,8-9,12H2,1H3,(H,17,19). The SMILES string of the molecule is CN(CC(=O)Nc1ccccc1)C(=O)C1CC=CCC1. The lowest BCUT2D eigenvalue weighted by Crippen LogP contribution is -2.38. The summed E-state index contributed by atoms with van der Waals surface area (Å²) in [5.41, 5.74) is 0.749. The average Bonchev–Trinajstić information content (AvgIpc) is 2.48. The van der Waals surface area contributed by atoms with E-state index in [0.29, 0.717) is 0 Å². The summed E-state index contributed by atoms with van der Waals surface area (Å²) in [7, 11) is 1.69. The van der Waals surface area contributed by atoms with Crippen LogP contribution >= 0.6 is 0 Å². The summed E-state index contributed by atoms with van der Waals surface area (Å²) < 4.78 is 0. The third kappa shape index (κ3) is 3.95. The molecule has 106 valence electrons. The predicted molar refractivity (Wildman–Crippen MR) is 79.2 cm³/mol. The summed E-state index contributed by atoms with van der Waals surface area (Å²) in [6.45, 7) is 0.0912. The fourth-order valence-electron chi connectivity index (χ4n) is 2.34. The second-order valence-electron chi connectivity index (χ2n) is 5.09. The highest BCUT2D eigenvalue weighted by atomic mass is 16.2. The van der Waals surface area contributed by atoms with E-state index in [4.69, 9.17) is 0 Å². The molecule has 0 spiro atoms. The molecule has 0 heterocycles. The molecule has 1 aromatic rings. The first-order chi connectivity index (χ1) is 9.66. The zero-order valence-corrected chi connectivity index (χ0v) is 11.7. The molecule has 1 aliphatic rings. The fourth-order valence-corrected chi connectivity index (χ4v) is 2.34. The van der Waals surface area contributed by atoms with E-state index >= 15 is 0 Å². The second kappa shape index (κ2) is 6.89. The molecular weight excluding hydrogens is 252 g/mol. The summed E-state index contributed by atoms with van der Waals surface area (Å²) in [5.74, 6) is -0.0921. The number of hydrogen-bond donors (Lipinski definition) is 1. The van der Waals surface area contributed by atoms with Gasteiger partial charge in [-0.25, -0.2) is 0 Å².